The predicted octanol–water partition coefficient (Wildman–Crippen LogP) is 1.94. The van der Waals surface area contributed by atoms with Crippen molar-refractivity contribution >= 4 is 5.91 Å². The molecule has 0 spiro atoms. The number of amides is 1. The molecule has 2 rings (SSSR count). The lowest BCUT2D eigenvalue weighted by atomic mass is 10.2. The number of hydrogen-bond acceptors (Lipinski definition) is 3. The van der Waals surface area contributed by atoms with Crippen LogP contribution in [-0.4, -0.2) is 45.4 Å². The SMILES string of the molecule is CCN(CCO)C(=O)c1cnn(-c2ccccc2C)c1C. The molecule has 0 unspecified atom stereocenters. The van der Waals surface area contributed by atoms with E-state index in [-0.39, 0.29) is 12.5 Å². The van der Waals surface area contributed by atoms with Gasteiger partial charge in [-0.2, -0.15) is 5.10 Å². The number of aliphatic hydroxyl groups is 1. The van der Waals surface area contributed by atoms with Gasteiger partial charge in [0.25, 0.3) is 5.91 Å². The quantitative estimate of drug-likeness (QED) is 0.914. The fourth-order valence-corrected chi connectivity index (χ4v) is 2.36. The summed E-state index contributed by atoms with van der Waals surface area (Å²) in [5.41, 5.74) is 3.46. The lowest BCUT2D eigenvalue weighted by Gasteiger charge is -2.19. The van der Waals surface area contributed by atoms with Crippen LogP contribution in [0.4, 0.5) is 0 Å². The Hall–Kier alpha value is -2.14. The van der Waals surface area contributed by atoms with Crippen LogP contribution >= 0.6 is 0 Å². The molecule has 5 heteroatoms. The van der Waals surface area contributed by atoms with Gasteiger partial charge < -0.3 is 10.0 Å². The zero-order chi connectivity index (χ0) is 15.4. The van der Waals surface area contributed by atoms with Gasteiger partial charge in [-0.1, -0.05) is 18.2 Å². The van der Waals surface area contributed by atoms with Crippen molar-refractivity contribution in [1.82, 2.24) is 14.7 Å². The molecule has 5 nitrogen and oxygen atoms in total. The molecular weight excluding hydrogens is 266 g/mol. The van der Waals surface area contributed by atoms with E-state index in [2.05, 4.69) is 5.10 Å². The molecule has 0 fully saturated rings. The molecule has 0 aliphatic heterocycles. The molecule has 1 aromatic heterocycles. The Morgan fingerprint density at radius 3 is 2.67 bits per heavy atom. The van der Waals surface area contributed by atoms with Crippen molar-refractivity contribution in [3.05, 3.63) is 47.3 Å². The smallest absolute Gasteiger partial charge is 0.257 e. The van der Waals surface area contributed by atoms with Crippen LogP contribution in [0.5, 0.6) is 0 Å². The van der Waals surface area contributed by atoms with E-state index in [4.69, 9.17) is 5.11 Å². The molecule has 0 radical (unpaired) electrons. The lowest BCUT2D eigenvalue weighted by Crippen LogP contribution is -2.33. The number of benzene rings is 1. The zero-order valence-corrected chi connectivity index (χ0v) is 12.7. The molecule has 0 atom stereocenters. The normalized spacial score (nSPS) is 10.7. The van der Waals surface area contributed by atoms with Crippen LogP contribution < -0.4 is 0 Å². The van der Waals surface area contributed by atoms with E-state index in [0.717, 1.165) is 16.9 Å². The van der Waals surface area contributed by atoms with Gasteiger partial charge in [-0.25, -0.2) is 4.68 Å². The fourth-order valence-electron chi connectivity index (χ4n) is 2.36. The molecule has 0 saturated heterocycles. The second kappa shape index (κ2) is 6.54. The summed E-state index contributed by atoms with van der Waals surface area (Å²) < 4.78 is 1.79. The number of aryl methyl sites for hydroxylation is 1. The third-order valence-electron chi connectivity index (χ3n) is 3.62. The Labute approximate surface area is 124 Å². The molecule has 0 aliphatic carbocycles. The molecule has 0 saturated carbocycles. The molecule has 1 N–H and O–H groups in total. The summed E-state index contributed by atoms with van der Waals surface area (Å²) in [6.45, 7) is 6.67. The monoisotopic (exact) mass is 287 g/mol. The van der Waals surface area contributed by atoms with E-state index in [1.807, 2.05) is 45.0 Å². The highest BCUT2D eigenvalue weighted by molar-refractivity contribution is 5.95. The van der Waals surface area contributed by atoms with Crippen LogP contribution in [0, 0.1) is 13.8 Å². The number of carbonyl (C=O) groups is 1. The Morgan fingerprint density at radius 2 is 2.05 bits per heavy atom. The first kappa shape index (κ1) is 15.3. The number of carbonyl (C=O) groups excluding carboxylic acids is 1. The molecule has 1 aromatic carbocycles. The van der Waals surface area contributed by atoms with Gasteiger partial charge >= 0.3 is 0 Å². The van der Waals surface area contributed by atoms with E-state index >= 15 is 0 Å². The standard InChI is InChI=1S/C16H21N3O2/c1-4-18(9-10-20)16(21)14-11-17-19(13(14)3)15-8-6-5-7-12(15)2/h5-8,11,20H,4,9-10H2,1-3H3. The van der Waals surface area contributed by atoms with Gasteiger partial charge in [0.15, 0.2) is 0 Å². The first-order valence-corrected chi connectivity index (χ1v) is 7.10. The highest BCUT2D eigenvalue weighted by atomic mass is 16.3. The van der Waals surface area contributed by atoms with E-state index in [0.29, 0.717) is 18.7 Å². The number of hydrogen-bond donors (Lipinski definition) is 1. The van der Waals surface area contributed by atoms with Crippen molar-refractivity contribution in [3.8, 4) is 5.69 Å². The van der Waals surface area contributed by atoms with E-state index in [1.165, 1.54) is 0 Å². The van der Waals surface area contributed by atoms with E-state index in [9.17, 15) is 4.79 Å². The van der Waals surface area contributed by atoms with Gasteiger partial charge in [-0.15, -0.1) is 0 Å². The maximum atomic E-state index is 12.5. The number of aliphatic hydroxyl groups excluding tert-OH is 1. The lowest BCUT2D eigenvalue weighted by molar-refractivity contribution is 0.0731. The van der Waals surface area contributed by atoms with Crippen LogP contribution in [0.25, 0.3) is 5.69 Å². The molecule has 0 bridgehead atoms. The van der Waals surface area contributed by atoms with Gasteiger partial charge in [0, 0.05) is 13.1 Å². The third-order valence-corrected chi connectivity index (χ3v) is 3.62. The molecule has 0 aliphatic rings. The van der Waals surface area contributed by atoms with Crippen LogP contribution in [0.2, 0.25) is 0 Å². The van der Waals surface area contributed by atoms with E-state index < -0.39 is 0 Å². The minimum atomic E-state index is -0.0936. The second-order valence-electron chi connectivity index (χ2n) is 4.95. The number of likely N-dealkylation sites (N-methyl/N-ethyl adjacent to an activating group) is 1. The van der Waals surface area contributed by atoms with Crippen molar-refractivity contribution < 1.29 is 9.90 Å². The Morgan fingerprint density at radius 1 is 1.33 bits per heavy atom. The van der Waals surface area contributed by atoms with Crippen LogP contribution in [0.3, 0.4) is 0 Å². The summed E-state index contributed by atoms with van der Waals surface area (Å²) >= 11 is 0. The topological polar surface area (TPSA) is 58.4 Å². The first-order valence-electron chi connectivity index (χ1n) is 7.10. The Kier molecular flexibility index (Phi) is 4.75. The molecule has 1 heterocycles. The van der Waals surface area contributed by atoms with Crippen LogP contribution in [-0.2, 0) is 0 Å². The largest absolute Gasteiger partial charge is 0.395 e. The summed E-state index contributed by atoms with van der Waals surface area (Å²) in [4.78, 5) is 14.1. The highest BCUT2D eigenvalue weighted by Gasteiger charge is 2.20. The van der Waals surface area contributed by atoms with Crippen molar-refractivity contribution in [3.63, 3.8) is 0 Å². The van der Waals surface area contributed by atoms with Crippen molar-refractivity contribution in [2.45, 2.75) is 20.8 Å². The first-order chi connectivity index (χ1) is 10.1. The van der Waals surface area contributed by atoms with Crippen LogP contribution in [0.15, 0.2) is 30.5 Å². The molecule has 2 aromatic rings. The summed E-state index contributed by atoms with van der Waals surface area (Å²) in [6.07, 6.45) is 1.60. The second-order valence-corrected chi connectivity index (χ2v) is 4.95. The summed E-state index contributed by atoms with van der Waals surface area (Å²) in [6, 6.07) is 7.93. The maximum absolute atomic E-state index is 12.5. The minimum Gasteiger partial charge on any atom is -0.395 e. The summed E-state index contributed by atoms with van der Waals surface area (Å²) in [5, 5.41) is 13.4. The van der Waals surface area contributed by atoms with Gasteiger partial charge in [-0.3, -0.25) is 4.79 Å². The van der Waals surface area contributed by atoms with E-state index in [1.54, 1.807) is 15.8 Å². The number of nitrogens with zero attached hydrogens (tertiary/aromatic N) is 3. The van der Waals surface area contributed by atoms with Crippen LogP contribution in [0.1, 0.15) is 28.5 Å². The zero-order valence-electron chi connectivity index (χ0n) is 12.7. The highest BCUT2D eigenvalue weighted by Crippen LogP contribution is 2.18. The average Bonchev–Trinajstić information content (AvgIpc) is 2.86. The summed E-state index contributed by atoms with van der Waals surface area (Å²) in [5.74, 6) is -0.0936. The van der Waals surface area contributed by atoms with Crippen molar-refractivity contribution in [1.29, 1.82) is 0 Å². The third kappa shape index (κ3) is 2.97. The number of aromatic nitrogens is 2. The Bertz CT molecular complexity index is 634. The fraction of sp³-hybridized carbons (Fsp3) is 0.375. The predicted molar refractivity (Wildman–Crippen MR) is 81.7 cm³/mol. The van der Waals surface area contributed by atoms with Gasteiger partial charge in [0.1, 0.15) is 0 Å². The van der Waals surface area contributed by atoms with Gasteiger partial charge in [-0.05, 0) is 32.4 Å². The van der Waals surface area contributed by atoms with Crippen molar-refractivity contribution in [2.24, 2.45) is 0 Å². The molecule has 21 heavy (non-hydrogen) atoms. The minimum absolute atomic E-state index is 0.0371. The number of rotatable bonds is 5. The molecular formula is C16H21N3O2. The van der Waals surface area contributed by atoms with Gasteiger partial charge in [0.2, 0.25) is 0 Å². The number of para-hydroxylation sites is 1. The summed E-state index contributed by atoms with van der Waals surface area (Å²) in [7, 11) is 0. The maximum Gasteiger partial charge on any atom is 0.257 e. The average molecular weight is 287 g/mol. The van der Waals surface area contributed by atoms with Gasteiger partial charge in [0.05, 0.1) is 29.7 Å². The van der Waals surface area contributed by atoms with Crippen molar-refractivity contribution in [2.75, 3.05) is 19.7 Å². The molecule has 1 amide bonds. The molecule has 112 valence electrons. The Balaban J connectivity index is 2.37.